The van der Waals surface area contributed by atoms with Gasteiger partial charge in [-0.2, -0.15) is 5.10 Å². The summed E-state index contributed by atoms with van der Waals surface area (Å²) in [5, 5.41) is 5.27. The number of fused-ring (bicyclic) bond motifs is 1. The molecule has 2 aromatic rings. The van der Waals surface area contributed by atoms with Crippen molar-refractivity contribution in [1.29, 1.82) is 0 Å². The summed E-state index contributed by atoms with van der Waals surface area (Å²) in [7, 11) is 1.90. The third-order valence-corrected chi connectivity index (χ3v) is 3.68. The second kappa shape index (κ2) is 4.53. The van der Waals surface area contributed by atoms with Gasteiger partial charge in [0, 0.05) is 26.2 Å². The second-order valence-corrected chi connectivity index (χ2v) is 4.78. The Bertz CT molecular complexity index is 548. The zero-order valence-corrected chi connectivity index (χ0v) is 10.6. The molecule has 6 heteroatoms. The number of rotatable bonds is 2. The summed E-state index contributed by atoms with van der Waals surface area (Å²) in [5.74, 6) is 0.975. The van der Waals surface area contributed by atoms with Gasteiger partial charge in [0.1, 0.15) is 12.1 Å². The van der Waals surface area contributed by atoms with E-state index in [0.29, 0.717) is 12.6 Å². The predicted octanol–water partition coefficient (Wildman–Crippen LogP) is 0.681. The van der Waals surface area contributed by atoms with E-state index in [0.717, 1.165) is 29.8 Å². The molecule has 1 aliphatic rings. The fourth-order valence-corrected chi connectivity index (χ4v) is 2.70. The number of piperidine rings is 1. The van der Waals surface area contributed by atoms with E-state index in [2.05, 4.69) is 20.0 Å². The average molecular weight is 246 g/mol. The molecule has 1 aliphatic heterocycles. The van der Waals surface area contributed by atoms with Crippen molar-refractivity contribution in [1.82, 2.24) is 19.7 Å². The molecule has 3 heterocycles. The molecule has 0 amide bonds. The van der Waals surface area contributed by atoms with Crippen LogP contribution in [-0.2, 0) is 7.05 Å². The summed E-state index contributed by atoms with van der Waals surface area (Å²) in [6, 6.07) is 0.386. The monoisotopic (exact) mass is 246 g/mol. The molecule has 0 aromatic carbocycles. The first-order valence-corrected chi connectivity index (χ1v) is 6.40. The lowest BCUT2D eigenvalue weighted by atomic mass is 10.0. The SMILES string of the molecule is Cn1ncc2c(N3CCCC[C@@H]3CN)ncnc21. The zero-order chi connectivity index (χ0) is 12.5. The molecular formula is C12H18N6. The van der Waals surface area contributed by atoms with Gasteiger partial charge in [-0.05, 0) is 19.3 Å². The first-order valence-electron chi connectivity index (χ1n) is 6.40. The van der Waals surface area contributed by atoms with E-state index in [1.165, 1.54) is 12.8 Å². The third-order valence-electron chi connectivity index (χ3n) is 3.68. The average Bonchev–Trinajstić information content (AvgIpc) is 2.81. The Morgan fingerprint density at radius 1 is 1.39 bits per heavy atom. The number of anilines is 1. The van der Waals surface area contributed by atoms with Crippen molar-refractivity contribution in [2.45, 2.75) is 25.3 Å². The Morgan fingerprint density at radius 2 is 2.28 bits per heavy atom. The molecule has 96 valence electrons. The quantitative estimate of drug-likeness (QED) is 0.843. The van der Waals surface area contributed by atoms with Crippen molar-refractivity contribution in [2.24, 2.45) is 12.8 Å². The summed E-state index contributed by atoms with van der Waals surface area (Å²) in [6.07, 6.45) is 7.04. The molecule has 0 unspecified atom stereocenters. The van der Waals surface area contributed by atoms with Gasteiger partial charge in [-0.1, -0.05) is 0 Å². The van der Waals surface area contributed by atoms with Crippen molar-refractivity contribution in [3.05, 3.63) is 12.5 Å². The maximum atomic E-state index is 5.87. The Kier molecular flexibility index (Phi) is 2.87. The van der Waals surface area contributed by atoms with Crippen molar-refractivity contribution < 1.29 is 0 Å². The van der Waals surface area contributed by atoms with E-state index in [1.807, 2.05) is 13.2 Å². The highest BCUT2D eigenvalue weighted by atomic mass is 15.3. The van der Waals surface area contributed by atoms with Gasteiger partial charge in [0.25, 0.3) is 0 Å². The lowest BCUT2D eigenvalue weighted by Crippen LogP contribution is -2.44. The van der Waals surface area contributed by atoms with Crippen LogP contribution in [0.25, 0.3) is 11.0 Å². The third kappa shape index (κ3) is 1.73. The van der Waals surface area contributed by atoms with Crippen molar-refractivity contribution in [3.8, 4) is 0 Å². The molecule has 1 atom stereocenters. The maximum Gasteiger partial charge on any atom is 0.163 e. The summed E-state index contributed by atoms with van der Waals surface area (Å²) >= 11 is 0. The first-order chi connectivity index (χ1) is 8.81. The van der Waals surface area contributed by atoms with Crippen molar-refractivity contribution in [2.75, 3.05) is 18.0 Å². The molecule has 6 nitrogen and oxygen atoms in total. The van der Waals surface area contributed by atoms with Crippen LogP contribution in [0.5, 0.6) is 0 Å². The molecule has 3 rings (SSSR count). The van der Waals surface area contributed by atoms with Crippen LogP contribution in [0, 0.1) is 0 Å². The Balaban J connectivity index is 2.07. The molecule has 0 saturated carbocycles. The summed E-state index contributed by atoms with van der Waals surface area (Å²) in [5.41, 5.74) is 6.75. The highest BCUT2D eigenvalue weighted by Crippen LogP contribution is 2.27. The molecule has 1 saturated heterocycles. The molecule has 0 spiro atoms. The molecular weight excluding hydrogens is 228 g/mol. The fraction of sp³-hybridized carbons (Fsp3) is 0.583. The first kappa shape index (κ1) is 11.4. The van der Waals surface area contributed by atoms with Crippen LogP contribution in [0.1, 0.15) is 19.3 Å². The van der Waals surface area contributed by atoms with Crippen molar-refractivity contribution >= 4 is 16.9 Å². The van der Waals surface area contributed by atoms with Gasteiger partial charge in [0.05, 0.1) is 11.6 Å². The van der Waals surface area contributed by atoms with Gasteiger partial charge in [-0.25, -0.2) is 9.97 Å². The minimum absolute atomic E-state index is 0.386. The molecule has 0 radical (unpaired) electrons. The van der Waals surface area contributed by atoms with Gasteiger partial charge in [-0.15, -0.1) is 0 Å². The summed E-state index contributed by atoms with van der Waals surface area (Å²) in [6.45, 7) is 1.69. The standard InChI is InChI=1S/C12H18N6/c1-17-11-10(7-16-17)12(15-8-14-11)18-5-3-2-4-9(18)6-13/h7-9H,2-6,13H2,1H3/t9-/m1/s1. The van der Waals surface area contributed by atoms with E-state index in [-0.39, 0.29) is 0 Å². The largest absolute Gasteiger partial charge is 0.352 e. The molecule has 1 fully saturated rings. The topological polar surface area (TPSA) is 72.9 Å². The van der Waals surface area contributed by atoms with E-state index < -0.39 is 0 Å². The highest BCUT2D eigenvalue weighted by molar-refractivity contribution is 5.86. The maximum absolute atomic E-state index is 5.87. The van der Waals surface area contributed by atoms with Crippen LogP contribution < -0.4 is 10.6 Å². The second-order valence-electron chi connectivity index (χ2n) is 4.78. The number of aryl methyl sites for hydroxylation is 1. The molecule has 0 bridgehead atoms. The zero-order valence-electron chi connectivity index (χ0n) is 10.6. The lowest BCUT2D eigenvalue weighted by Gasteiger charge is -2.36. The number of hydrogen-bond donors (Lipinski definition) is 1. The highest BCUT2D eigenvalue weighted by Gasteiger charge is 2.24. The van der Waals surface area contributed by atoms with Crippen LogP contribution in [-0.4, -0.2) is 38.9 Å². The van der Waals surface area contributed by atoms with E-state index in [4.69, 9.17) is 5.73 Å². The van der Waals surface area contributed by atoms with Crippen LogP contribution in [0.2, 0.25) is 0 Å². The number of hydrogen-bond acceptors (Lipinski definition) is 5. The molecule has 2 N–H and O–H groups in total. The Morgan fingerprint density at radius 3 is 3.11 bits per heavy atom. The fourth-order valence-electron chi connectivity index (χ4n) is 2.70. The van der Waals surface area contributed by atoms with E-state index in [1.54, 1.807) is 11.0 Å². The summed E-state index contributed by atoms with van der Waals surface area (Å²) in [4.78, 5) is 11.0. The van der Waals surface area contributed by atoms with Gasteiger partial charge in [0.2, 0.25) is 0 Å². The molecule has 0 aliphatic carbocycles. The minimum Gasteiger partial charge on any atom is -0.352 e. The van der Waals surface area contributed by atoms with Crippen LogP contribution in [0.15, 0.2) is 12.5 Å². The van der Waals surface area contributed by atoms with Gasteiger partial charge in [0.15, 0.2) is 5.65 Å². The molecule has 2 aromatic heterocycles. The van der Waals surface area contributed by atoms with Gasteiger partial charge < -0.3 is 10.6 Å². The smallest absolute Gasteiger partial charge is 0.163 e. The van der Waals surface area contributed by atoms with E-state index >= 15 is 0 Å². The predicted molar refractivity (Wildman–Crippen MR) is 70.3 cm³/mol. The Hall–Kier alpha value is -1.69. The number of aromatic nitrogens is 4. The van der Waals surface area contributed by atoms with Crippen LogP contribution in [0.4, 0.5) is 5.82 Å². The molecule has 18 heavy (non-hydrogen) atoms. The Labute approximate surface area is 106 Å². The van der Waals surface area contributed by atoms with Crippen molar-refractivity contribution in [3.63, 3.8) is 0 Å². The minimum atomic E-state index is 0.386. The number of nitrogens with two attached hydrogens (primary N) is 1. The number of nitrogens with zero attached hydrogens (tertiary/aromatic N) is 5. The normalized spacial score (nSPS) is 20.6. The van der Waals surface area contributed by atoms with E-state index in [9.17, 15) is 0 Å². The van der Waals surface area contributed by atoms with Gasteiger partial charge in [-0.3, -0.25) is 4.68 Å². The van der Waals surface area contributed by atoms with Gasteiger partial charge >= 0.3 is 0 Å². The van der Waals surface area contributed by atoms with Crippen LogP contribution >= 0.6 is 0 Å². The summed E-state index contributed by atoms with van der Waals surface area (Å²) < 4.78 is 1.78. The lowest BCUT2D eigenvalue weighted by molar-refractivity contribution is 0.463. The van der Waals surface area contributed by atoms with Crippen LogP contribution in [0.3, 0.4) is 0 Å².